The minimum Gasteiger partial charge on any atom is -0.383 e. The number of nitrogens with one attached hydrogen (secondary N) is 1. The molecule has 1 fully saturated rings. The summed E-state index contributed by atoms with van der Waals surface area (Å²) >= 11 is 0. The number of rotatable bonds is 9. The summed E-state index contributed by atoms with van der Waals surface area (Å²) in [6.45, 7) is 5.86. The van der Waals surface area contributed by atoms with Crippen LogP contribution in [0.2, 0.25) is 0 Å². The van der Waals surface area contributed by atoms with Crippen LogP contribution in [0.5, 0.6) is 0 Å². The van der Waals surface area contributed by atoms with E-state index >= 15 is 0 Å². The average molecular weight is 291 g/mol. The second-order valence-electron chi connectivity index (χ2n) is 6.01. The molecule has 1 N–H and O–H groups in total. The van der Waals surface area contributed by atoms with Gasteiger partial charge in [-0.05, 0) is 31.2 Å². The zero-order valence-corrected chi connectivity index (χ0v) is 13.4. The van der Waals surface area contributed by atoms with Gasteiger partial charge in [-0.2, -0.15) is 0 Å². The first kappa shape index (κ1) is 16.5. The van der Waals surface area contributed by atoms with Crippen LogP contribution in [0.4, 0.5) is 0 Å². The topological polar surface area (TPSA) is 30.5 Å². The van der Waals surface area contributed by atoms with Crippen LogP contribution in [-0.2, 0) is 14.9 Å². The highest BCUT2D eigenvalue weighted by Crippen LogP contribution is 2.35. The lowest BCUT2D eigenvalue weighted by Crippen LogP contribution is -2.41. The third kappa shape index (κ3) is 4.53. The summed E-state index contributed by atoms with van der Waals surface area (Å²) < 4.78 is 11.0. The maximum absolute atomic E-state index is 5.91. The van der Waals surface area contributed by atoms with Gasteiger partial charge in [0.05, 0.1) is 12.7 Å². The molecule has 118 valence electrons. The average Bonchev–Trinajstić information content (AvgIpc) is 3.04. The van der Waals surface area contributed by atoms with E-state index in [0.29, 0.717) is 6.10 Å². The molecule has 0 spiro atoms. The molecule has 21 heavy (non-hydrogen) atoms. The Morgan fingerprint density at radius 3 is 2.76 bits per heavy atom. The van der Waals surface area contributed by atoms with Crippen molar-refractivity contribution in [3.8, 4) is 0 Å². The molecule has 3 nitrogen and oxygen atoms in total. The molecule has 1 aromatic rings. The maximum Gasteiger partial charge on any atom is 0.0587 e. The zero-order chi connectivity index (χ0) is 15.0. The van der Waals surface area contributed by atoms with E-state index in [9.17, 15) is 0 Å². The minimum absolute atomic E-state index is 0.157. The summed E-state index contributed by atoms with van der Waals surface area (Å²) in [6.07, 6.45) is 5.04. The summed E-state index contributed by atoms with van der Waals surface area (Å²) in [5.74, 6) is 0. The molecule has 0 radical (unpaired) electrons. The molecule has 1 aliphatic heterocycles. The second kappa shape index (κ2) is 8.52. The van der Waals surface area contributed by atoms with E-state index in [1.54, 1.807) is 7.11 Å². The molecule has 2 unspecified atom stereocenters. The van der Waals surface area contributed by atoms with E-state index in [2.05, 4.69) is 42.6 Å². The summed E-state index contributed by atoms with van der Waals surface area (Å²) in [5, 5.41) is 3.57. The number of ether oxygens (including phenoxy) is 2. The van der Waals surface area contributed by atoms with Crippen molar-refractivity contribution in [2.45, 2.75) is 44.1 Å². The van der Waals surface area contributed by atoms with E-state index < -0.39 is 0 Å². The van der Waals surface area contributed by atoms with Gasteiger partial charge in [0.2, 0.25) is 0 Å². The van der Waals surface area contributed by atoms with Crippen LogP contribution in [0.25, 0.3) is 0 Å². The molecule has 3 heteroatoms. The second-order valence-corrected chi connectivity index (χ2v) is 6.01. The molecule has 0 saturated carbocycles. The van der Waals surface area contributed by atoms with Crippen molar-refractivity contribution in [1.82, 2.24) is 5.32 Å². The first-order valence-corrected chi connectivity index (χ1v) is 8.17. The number of hydrogen-bond donors (Lipinski definition) is 1. The first-order chi connectivity index (χ1) is 10.3. The van der Waals surface area contributed by atoms with Gasteiger partial charge in [-0.25, -0.2) is 0 Å². The quantitative estimate of drug-likeness (QED) is 0.709. The Bertz CT molecular complexity index is 389. The van der Waals surface area contributed by atoms with Crippen molar-refractivity contribution in [2.75, 3.05) is 33.4 Å². The molecular weight excluding hydrogens is 262 g/mol. The maximum atomic E-state index is 5.91. The number of methoxy groups -OCH3 is 1. The van der Waals surface area contributed by atoms with Gasteiger partial charge in [0, 0.05) is 32.2 Å². The van der Waals surface area contributed by atoms with Crippen molar-refractivity contribution in [3.05, 3.63) is 35.9 Å². The minimum atomic E-state index is 0.157. The molecule has 1 heterocycles. The molecule has 0 amide bonds. The third-order valence-electron chi connectivity index (χ3n) is 4.65. The first-order valence-electron chi connectivity index (χ1n) is 8.17. The molecule has 1 aromatic carbocycles. The normalized spacial score (nSPS) is 21.3. The van der Waals surface area contributed by atoms with Crippen molar-refractivity contribution < 1.29 is 9.47 Å². The van der Waals surface area contributed by atoms with Gasteiger partial charge < -0.3 is 14.8 Å². The molecule has 1 saturated heterocycles. The van der Waals surface area contributed by atoms with Gasteiger partial charge >= 0.3 is 0 Å². The lowest BCUT2D eigenvalue weighted by atomic mass is 9.73. The Labute approximate surface area is 129 Å². The Morgan fingerprint density at radius 2 is 2.14 bits per heavy atom. The highest BCUT2D eigenvalue weighted by atomic mass is 16.5. The highest BCUT2D eigenvalue weighted by molar-refractivity contribution is 5.26. The summed E-state index contributed by atoms with van der Waals surface area (Å²) in [5.41, 5.74) is 1.58. The standard InChI is InChI=1S/C18H29NO2/c1-3-18(15-19-11-13-20-2,14-17-10-7-12-21-17)16-8-5-4-6-9-16/h4-6,8-9,17,19H,3,7,10-15H2,1-2H3. The van der Waals surface area contributed by atoms with Crippen LogP contribution in [0.1, 0.15) is 38.2 Å². The molecule has 2 rings (SSSR count). The fraction of sp³-hybridized carbons (Fsp3) is 0.667. The smallest absolute Gasteiger partial charge is 0.0587 e. The Hall–Kier alpha value is -0.900. The van der Waals surface area contributed by atoms with Crippen molar-refractivity contribution in [2.24, 2.45) is 0 Å². The molecule has 0 aromatic heterocycles. The van der Waals surface area contributed by atoms with Crippen molar-refractivity contribution >= 4 is 0 Å². The fourth-order valence-electron chi connectivity index (χ4n) is 3.30. The van der Waals surface area contributed by atoms with Crippen LogP contribution < -0.4 is 5.32 Å². The Balaban J connectivity index is 2.09. The monoisotopic (exact) mass is 291 g/mol. The number of benzene rings is 1. The predicted octanol–water partition coefficient (Wildman–Crippen LogP) is 3.14. The van der Waals surface area contributed by atoms with Gasteiger partial charge in [0.15, 0.2) is 0 Å². The van der Waals surface area contributed by atoms with Crippen molar-refractivity contribution in [1.29, 1.82) is 0 Å². The lowest BCUT2D eigenvalue weighted by molar-refractivity contribution is 0.0795. The van der Waals surface area contributed by atoms with Gasteiger partial charge in [-0.1, -0.05) is 37.3 Å². The van der Waals surface area contributed by atoms with Crippen molar-refractivity contribution in [3.63, 3.8) is 0 Å². The van der Waals surface area contributed by atoms with E-state index in [0.717, 1.165) is 39.1 Å². The molecular formula is C18H29NO2. The van der Waals surface area contributed by atoms with Gasteiger partial charge in [0.25, 0.3) is 0 Å². The lowest BCUT2D eigenvalue weighted by Gasteiger charge is -2.36. The summed E-state index contributed by atoms with van der Waals surface area (Å²) in [7, 11) is 1.75. The Morgan fingerprint density at radius 1 is 1.33 bits per heavy atom. The highest BCUT2D eigenvalue weighted by Gasteiger charge is 2.34. The zero-order valence-electron chi connectivity index (χ0n) is 13.4. The van der Waals surface area contributed by atoms with Gasteiger partial charge in [0.1, 0.15) is 0 Å². The third-order valence-corrected chi connectivity index (χ3v) is 4.65. The summed E-state index contributed by atoms with van der Waals surface area (Å²) in [4.78, 5) is 0. The summed E-state index contributed by atoms with van der Waals surface area (Å²) in [6, 6.07) is 10.9. The van der Waals surface area contributed by atoms with Crippen LogP contribution >= 0.6 is 0 Å². The Kier molecular flexibility index (Phi) is 6.68. The molecule has 0 aliphatic carbocycles. The van der Waals surface area contributed by atoms with Crippen LogP contribution in [0.15, 0.2) is 30.3 Å². The van der Waals surface area contributed by atoms with E-state index in [1.165, 1.54) is 18.4 Å². The fourth-order valence-corrected chi connectivity index (χ4v) is 3.30. The number of hydrogen-bond acceptors (Lipinski definition) is 3. The molecule has 1 aliphatic rings. The van der Waals surface area contributed by atoms with Crippen LogP contribution in [0, 0.1) is 0 Å². The van der Waals surface area contributed by atoms with Gasteiger partial charge in [-0.15, -0.1) is 0 Å². The largest absolute Gasteiger partial charge is 0.383 e. The molecule has 0 bridgehead atoms. The van der Waals surface area contributed by atoms with Crippen LogP contribution in [-0.4, -0.2) is 39.5 Å². The molecule has 2 atom stereocenters. The SMILES string of the molecule is CCC(CNCCOC)(CC1CCCO1)c1ccccc1. The van der Waals surface area contributed by atoms with Gasteiger partial charge in [-0.3, -0.25) is 0 Å². The van der Waals surface area contributed by atoms with E-state index in [-0.39, 0.29) is 5.41 Å². The predicted molar refractivity (Wildman–Crippen MR) is 86.7 cm³/mol. The van der Waals surface area contributed by atoms with Crippen LogP contribution in [0.3, 0.4) is 0 Å². The van der Waals surface area contributed by atoms with E-state index in [1.807, 2.05) is 0 Å². The van der Waals surface area contributed by atoms with E-state index in [4.69, 9.17) is 9.47 Å².